The maximum absolute atomic E-state index is 13.6. The van der Waals surface area contributed by atoms with Gasteiger partial charge in [-0.2, -0.15) is 5.26 Å². The van der Waals surface area contributed by atoms with E-state index in [2.05, 4.69) is 5.32 Å². The van der Waals surface area contributed by atoms with Crippen molar-refractivity contribution in [2.24, 2.45) is 0 Å². The number of carbonyl (C=O) groups is 1. The van der Waals surface area contributed by atoms with Gasteiger partial charge in [0.15, 0.2) is 0 Å². The van der Waals surface area contributed by atoms with Crippen LogP contribution in [0.15, 0.2) is 48.5 Å². The molecular weight excluding hydrogens is 299 g/mol. The van der Waals surface area contributed by atoms with Gasteiger partial charge < -0.3 is 5.32 Å². The summed E-state index contributed by atoms with van der Waals surface area (Å²) in [6, 6.07) is 15.4. The first-order chi connectivity index (χ1) is 10.7. The Labute approximate surface area is 130 Å². The molecule has 1 heterocycles. The third-order valence-corrected chi connectivity index (χ3v) is 4.37. The van der Waals surface area contributed by atoms with Crippen molar-refractivity contribution in [1.29, 1.82) is 5.26 Å². The summed E-state index contributed by atoms with van der Waals surface area (Å²) >= 11 is 1.27. The average Bonchev–Trinajstić information content (AvgIpc) is 2.99. The van der Waals surface area contributed by atoms with Crippen LogP contribution in [0.1, 0.15) is 20.8 Å². The minimum Gasteiger partial charge on any atom is -0.347 e. The molecule has 3 aromatic rings. The number of nitriles is 1. The van der Waals surface area contributed by atoms with Crippen LogP contribution < -0.4 is 5.32 Å². The van der Waals surface area contributed by atoms with Crippen molar-refractivity contribution < 1.29 is 9.18 Å². The molecular formula is C17H11FN2OS. The molecule has 3 rings (SSSR count). The number of nitrogens with one attached hydrogen (secondary N) is 1. The Morgan fingerprint density at radius 3 is 2.68 bits per heavy atom. The number of amides is 1. The fourth-order valence-corrected chi connectivity index (χ4v) is 3.10. The van der Waals surface area contributed by atoms with E-state index in [0.717, 1.165) is 10.3 Å². The van der Waals surface area contributed by atoms with Crippen LogP contribution in [0.25, 0.3) is 10.1 Å². The van der Waals surface area contributed by atoms with Crippen molar-refractivity contribution in [3.05, 3.63) is 70.4 Å². The minimum absolute atomic E-state index is 0.232. The van der Waals surface area contributed by atoms with E-state index in [-0.39, 0.29) is 11.7 Å². The van der Waals surface area contributed by atoms with Gasteiger partial charge in [0.1, 0.15) is 5.82 Å². The second-order valence-corrected chi connectivity index (χ2v) is 5.84. The van der Waals surface area contributed by atoms with Gasteiger partial charge in [0.05, 0.1) is 16.5 Å². The summed E-state index contributed by atoms with van der Waals surface area (Å²) in [5, 5.41) is 12.0. The number of hydrogen-bond donors (Lipinski definition) is 1. The van der Waals surface area contributed by atoms with Gasteiger partial charge in [0.25, 0.3) is 5.91 Å². The number of carbonyl (C=O) groups excluding carboxylic acids is 1. The van der Waals surface area contributed by atoms with Crippen molar-refractivity contribution in [2.75, 3.05) is 0 Å². The van der Waals surface area contributed by atoms with Crippen LogP contribution in [0.5, 0.6) is 0 Å². The van der Waals surface area contributed by atoms with Crippen LogP contribution >= 0.6 is 11.3 Å². The SMILES string of the molecule is N#Cc1ccc(CNC(=O)c2cc3c(F)cccc3s2)cc1. The highest BCUT2D eigenvalue weighted by molar-refractivity contribution is 7.20. The highest BCUT2D eigenvalue weighted by Crippen LogP contribution is 2.27. The maximum atomic E-state index is 13.6. The summed E-state index contributed by atoms with van der Waals surface area (Å²) in [5.74, 6) is -0.551. The van der Waals surface area contributed by atoms with Gasteiger partial charge in [-0.1, -0.05) is 18.2 Å². The number of halogens is 1. The number of nitrogens with zero attached hydrogens (tertiary/aromatic N) is 1. The van der Waals surface area contributed by atoms with Crippen LogP contribution in [0, 0.1) is 17.1 Å². The van der Waals surface area contributed by atoms with Crippen LogP contribution in [0.2, 0.25) is 0 Å². The van der Waals surface area contributed by atoms with E-state index in [1.807, 2.05) is 6.07 Å². The smallest absolute Gasteiger partial charge is 0.261 e. The second kappa shape index (κ2) is 5.96. The molecule has 0 aliphatic rings. The van der Waals surface area contributed by atoms with Crippen LogP contribution in [0.4, 0.5) is 4.39 Å². The van der Waals surface area contributed by atoms with Crippen LogP contribution in [-0.4, -0.2) is 5.91 Å². The Kier molecular flexibility index (Phi) is 3.86. The van der Waals surface area contributed by atoms with Crippen LogP contribution in [-0.2, 0) is 6.54 Å². The van der Waals surface area contributed by atoms with Gasteiger partial charge in [0.2, 0.25) is 0 Å². The lowest BCUT2D eigenvalue weighted by Gasteiger charge is -2.03. The highest BCUT2D eigenvalue weighted by atomic mass is 32.1. The molecule has 0 bridgehead atoms. The molecule has 0 aliphatic heterocycles. The van der Waals surface area contributed by atoms with E-state index in [4.69, 9.17) is 5.26 Å². The van der Waals surface area contributed by atoms with E-state index < -0.39 is 0 Å². The molecule has 1 N–H and O–H groups in total. The molecule has 0 spiro atoms. The van der Waals surface area contributed by atoms with E-state index in [9.17, 15) is 9.18 Å². The maximum Gasteiger partial charge on any atom is 0.261 e. The number of hydrogen-bond acceptors (Lipinski definition) is 3. The summed E-state index contributed by atoms with van der Waals surface area (Å²) in [6.45, 7) is 0.362. The molecule has 0 aliphatic carbocycles. The fraction of sp³-hybridized carbons (Fsp3) is 0.0588. The summed E-state index contributed by atoms with van der Waals surface area (Å²) in [4.78, 5) is 12.6. The molecule has 0 fully saturated rings. The average molecular weight is 310 g/mol. The number of rotatable bonds is 3. The van der Waals surface area contributed by atoms with Gasteiger partial charge >= 0.3 is 0 Å². The number of fused-ring (bicyclic) bond motifs is 1. The molecule has 3 nitrogen and oxygen atoms in total. The van der Waals surface area contributed by atoms with Crippen LogP contribution in [0.3, 0.4) is 0 Å². The van der Waals surface area contributed by atoms with E-state index in [1.165, 1.54) is 17.4 Å². The molecule has 1 aromatic heterocycles. The lowest BCUT2D eigenvalue weighted by Crippen LogP contribution is -2.21. The monoisotopic (exact) mass is 310 g/mol. The molecule has 0 radical (unpaired) electrons. The fourth-order valence-electron chi connectivity index (χ4n) is 2.10. The molecule has 0 atom stereocenters. The highest BCUT2D eigenvalue weighted by Gasteiger charge is 2.12. The second-order valence-electron chi connectivity index (χ2n) is 4.75. The van der Waals surface area contributed by atoms with Gasteiger partial charge in [0, 0.05) is 16.6 Å². The summed E-state index contributed by atoms with van der Waals surface area (Å²) < 4.78 is 14.4. The Bertz CT molecular complexity index is 878. The summed E-state index contributed by atoms with van der Waals surface area (Å²) in [6.07, 6.45) is 0. The van der Waals surface area contributed by atoms with Gasteiger partial charge in [-0.05, 0) is 35.9 Å². The number of thiophene rings is 1. The molecule has 0 unspecified atom stereocenters. The molecule has 1 amide bonds. The zero-order valence-corrected chi connectivity index (χ0v) is 12.3. The first-order valence-electron chi connectivity index (χ1n) is 6.62. The first-order valence-corrected chi connectivity index (χ1v) is 7.44. The van der Waals surface area contributed by atoms with Gasteiger partial charge in [-0.3, -0.25) is 4.79 Å². The van der Waals surface area contributed by atoms with Crippen molar-refractivity contribution >= 4 is 27.3 Å². The molecule has 22 heavy (non-hydrogen) atoms. The Morgan fingerprint density at radius 2 is 2.00 bits per heavy atom. The Morgan fingerprint density at radius 1 is 1.23 bits per heavy atom. The van der Waals surface area contributed by atoms with Gasteiger partial charge in [-0.25, -0.2) is 4.39 Å². The van der Waals surface area contributed by atoms with Crippen molar-refractivity contribution in [2.45, 2.75) is 6.54 Å². The van der Waals surface area contributed by atoms with E-state index >= 15 is 0 Å². The third kappa shape index (κ3) is 2.83. The van der Waals surface area contributed by atoms with Crippen molar-refractivity contribution in [3.8, 4) is 6.07 Å². The van der Waals surface area contributed by atoms with Crippen molar-refractivity contribution in [1.82, 2.24) is 5.32 Å². The minimum atomic E-state index is -0.320. The zero-order chi connectivity index (χ0) is 15.5. The zero-order valence-electron chi connectivity index (χ0n) is 11.5. The Balaban J connectivity index is 1.73. The van der Waals surface area contributed by atoms with Gasteiger partial charge in [-0.15, -0.1) is 11.3 Å². The lowest BCUT2D eigenvalue weighted by atomic mass is 10.1. The summed E-state index contributed by atoms with van der Waals surface area (Å²) in [5.41, 5.74) is 1.48. The lowest BCUT2D eigenvalue weighted by molar-refractivity contribution is 0.0955. The third-order valence-electron chi connectivity index (χ3n) is 3.27. The van der Waals surface area contributed by atoms with E-state index in [1.54, 1.807) is 42.5 Å². The Hall–Kier alpha value is -2.71. The standard InChI is InChI=1S/C17H11FN2OS/c18-14-2-1-3-15-13(14)8-16(22-15)17(21)20-10-12-6-4-11(9-19)5-7-12/h1-8H,10H2,(H,20,21). The van der Waals surface area contributed by atoms with Crippen molar-refractivity contribution in [3.63, 3.8) is 0 Å². The predicted molar refractivity (Wildman–Crippen MR) is 84.1 cm³/mol. The largest absolute Gasteiger partial charge is 0.347 e. The molecule has 108 valence electrons. The van der Waals surface area contributed by atoms with E-state index in [0.29, 0.717) is 22.4 Å². The first kappa shape index (κ1) is 14.2. The molecule has 0 saturated heterocycles. The number of benzene rings is 2. The molecule has 5 heteroatoms. The predicted octanol–water partition coefficient (Wildman–Crippen LogP) is 3.84. The molecule has 2 aromatic carbocycles. The normalized spacial score (nSPS) is 10.4. The topological polar surface area (TPSA) is 52.9 Å². The quantitative estimate of drug-likeness (QED) is 0.799. The molecule has 0 saturated carbocycles. The summed E-state index contributed by atoms with van der Waals surface area (Å²) in [7, 11) is 0.